The number of benzene rings is 1. The van der Waals surface area contributed by atoms with E-state index in [1.165, 1.54) is 0 Å². The lowest BCUT2D eigenvalue weighted by Gasteiger charge is -2.39. The topological polar surface area (TPSA) is 49.3 Å². The number of aliphatic hydroxyl groups is 1. The van der Waals surface area contributed by atoms with Gasteiger partial charge in [0.15, 0.2) is 0 Å². The number of rotatable bonds is 3. The van der Waals surface area contributed by atoms with Gasteiger partial charge in [-0.25, -0.2) is 8.78 Å². The Bertz CT molecular complexity index is 486. The fourth-order valence-electron chi connectivity index (χ4n) is 2.95. The molecule has 0 spiro atoms. The zero-order valence-corrected chi connectivity index (χ0v) is 11.5. The molecular formula is C15H19F2NO2. The van der Waals surface area contributed by atoms with Gasteiger partial charge >= 0.3 is 0 Å². The Morgan fingerprint density at radius 1 is 1.40 bits per heavy atom. The average molecular weight is 283 g/mol. The molecule has 1 aromatic rings. The summed E-state index contributed by atoms with van der Waals surface area (Å²) in [6.07, 6.45) is 3.33. The number of hydrogen-bond acceptors (Lipinski definition) is 2. The zero-order valence-electron chi connectivity index (χ0n) is 11.5. The van der Waals surface area contributed by atoms with E-state index in [1.54, 1.807) is 0 Å². The van der Waals surface area contributed by atoms with E-state index in [-0.39, 0.29) is 12.2 Å². The molecule has 0 radical (unpaired) electrons. The number of amides is 1. The average Bonchev–Trinajstić information content (AvgIpc) is 2.37. The summed E-state index contributed by atoms with van der Waals surface area (Å²) in [5.74, 6) is -1.72. The fourth-order valence-corrected chi connectivity index (χ4v) is 2.95. The maximum Gasteiger partial charge on any atom is 0.251 e. The zero-order chi connectivity index (χ0) is 14.8. The number of aliphatic hydroxyl groups excluding tert-OH is 1. The van der Waals surface area contributed by atoms with Gasteiger partial charge in [-0.2, -0.15) is 0 Å². The van der Waals surface area contributed by atoms with Crippen molar-refractivity contribution in [3.63, 3.8) is 0 Å². The van der Waals surface area contributed by atoms with Crippen LogP contribution in [0.25, 0.3) is 0 Å². The summed E-state index contributed by atoms with van der Waals surface area (Å²) >= 11 is 0. The lowest BCUT2D eigenvalue weighted by Crippen LogP contribution is -2.53. The van der Waals surface area contributed by atoms with Gasteiger partial charge < -0.3 is 10.4 Å². The van der Waals surface area contributed by atoms with E-state index in [0.29, 0.717) is 18.8 Å². The van der Waals surface area contributed by atoms with Gasteiger partial charge in [0.2, 0.25) is 0 Å². The molecule has 0 aliphatic heterocycles. The highest BCUT2D eigenvalue weighted by Crippen LogP contribution is 2.32. The third-order valence-electron chi connectivity index (χ3n) is 3.90. The molecule has 0 aromatic heterocycles. The highest BCUT2D eigenvalue weighted by Gasteiger charge is 2.36. The lowest BCUT2D eigenvalue weighted by molar-refractivity contribution is 0.0696. The molecule has 1 aliphatic carbocycles. The molecule has 2 rings (SSSR count). The predicted molar refractivity (Wildman–Crippen MR) is 71.3 cm³/mol. The predicted octanol–water partition coefficient (Wildman–Crippen LogP) is 2.64. The van der Waals surface area contributed by atoms with Crippen LogP contribution in [0.15, 0.2) is 18.2 Å². The van der Waals surface area contributed by atoms with Crippen LogP contribution in [-0.2, 0) is 0 Å². The van der Waals surface area contributed by atoms with Crippen molar-refractivity contribution < 1.29 is 18.7 Å². The first-order valence-corrected chi connectivity index (χ1v) is 6.83. The third kappa shape index (κ3) is 3.33. The van der Waals surface area contributed by atoms with Crippen molar-refractivity contribution in [3.8, 4) is 0 Å². The minimum Gasteiger partial charge on any atom is -0.394 e. The smallest absolute Gasteiger partial charge is 0.251 e. The molecule has 110 valence electrons. The summed E-state index contributed by atoms with van der Waals surface area (Å²) in [6.45, 7) is 1.90. The molecule has 1 aliphatic rings. The van der Waals surface area contributed by atoms with E-state index in [2.05, 4.69) is 12.2 Å². The largest absolute Gasteiger partial charge is 0.394 e. The summed E-state index contributed by atoms with van der Waals surface area (Å²) in [6, 6.07) is 2.72. The maximum absolute atomic E-state index is 13.1. The van der Waals surface area contributed by atoms with Crippen molar-refractivity contribution in [3.05, 3.63) is 35.4 Å². The molecule has 1 fully saturated rings. The second-order valence-electron chi connectivity index (χ2n) is 5.75. The van der Waals surface area contributed by atoms with Gasteiger partial charge in [-0.05, 0) is 30.9 Å². The molecule has 20 heavy (non-hydrogen) atoms. The third-order valence-corrected chi connectivity index (χ3v) is 3.90. The van der Waals surface area contributed by atoms with Crippen molar-refractivity contribution in [2.75, 3.05) is 6.61 Å². The standard InChI is InChI=1S/C15H19F2NO2/c1-10-3-2-4-15(8-10,9-19)18-14(20)11-5-12(16)7-13(17)6-11/h5-7,10,19H,2-4,8-9H2,1H3,(H,18,20). The Morgan fingerprint density at radius 3 is 2.60 bits per heavy atom. The van der Waals surface area contributed by atoms with Crippen LogP contribution in [0, 0.1) is 17.6 Å². The first-order chi connectivity index (χ1) is 9.44. The molecule has 2 N–H and O–H groups in total. The summed E-state index contributed by atoms with van der Waals surface area (Å²) in [7, 11) is 0. The second-order valence-corrected chi connectivity index (χ2v) is 5.75. The Balaban J connectivity index is 2.16. The van der Waals surface area contributed by atoms with E-state index in [9.17, 15) is 18.7 Å². The molecule has 1 amide bonds. The summed E-state index contributed by atoms with van der Waals surface area (Å²) in [5, 5.41) is 12.4. The Hall–Kier alpha value is -1.49. The Morgan fingerprint density at radius 2 is 2.05 bits per heavy atom. The van der Waals surface area contributed by atoms with Gasteiger partial charge in [-0.3, -0.25) is 4.79 Å². The van der Waals surface area contributed by atoms with Crippen LogP contribution < -0.4 is 5.32 Å². The first-order valence-electron chi connectivity index (χ1n) is 6.83. The van der Waals surface area contributed by atoms with Crippen LogP contribution in [0.1, 0.15) is 43.0 Å². The minimum atomic E-state index is -0.787. The van der Waals surface area contributed by atoms with Crippen molar-refractivity contribution in [2.45, 2.75) is 38.1 Å². The molecular weight excluding hydrogens is 264 g/mol. The number of hydrogen-bond donors (Lipinski definition) is 2. The van der Waals surface area contributed by atoms with Crippen molar-refractivity contribution in [1.82, 2.24) is 5.32 Å². The van der Waals surface area contributed by atoms with E-state index >= 15 is 0 Å². The SMILES string of the molecule is CC1CCCC(CO)(NC(=O)c2cc(F)cc(F)c2)C1. The second kappa shape index (κ2) is 5.87. The molecule has 1 aromatic carbocycles. The monoisotopic (exact) mass is 283 g/mol. The molecule has 2 atom stereocenters. The quantitative estimate of drug-likeness (QED) is 0.896. The van der Waals surface area contributed by atoms with Gasteiger partial charge in [0.25, 0.3) is 5.91 Å². The minimum absolute atomic E-state index is 0.0615. The Labute approximate surface area is 117 Å². The van der Waals surface area contributed by atoms with Gasteiger partial charge in [0, 0.05) is 11.6 Å². The van der Waals surface area contributed by atoms with E-state index in [4.69, 9.17) is 0 Å². The van der Waals surface area contributed by atoms with Crippen LogP contribution in [0.2, 0.25) is 0 Å². The molecule has 0 bridgehead atoms. The van der Waals surface area contributed by atoms with E-state index in [0.717, 1.165) is 31.0 Å². The first kappa shape index (κ1) is 14.9. The normalized spacial score (nSPS) is 26.3. The fraction of sp³-hybridized carbons (Fsp3) is 0.533. The van der Waals surface area contributed by atoms with E-state index in [1.807, 2.05) is 0 Å². The van der Waals surface area contributed by atoms with Crippen LogP contribution >= 0.6 is 0 Å². The van der Waals surface area contributed by atoms with Gasteiger partial charge in [0.1, 0.15) is 11.6 Å². The highest BCUT2D eigenvalue weighted by molar-refractivity contribution is 5.94. The lowest BCUT2D eigenvalue weighted by atomic mass is 9.76. The maximum atomic E-state index is 13.1. The molecule has 3 nitrogen and oxygen atoms in total. The number of carbonyl (C=O) groups is 1. The molecule has 1 saturated carbocycles. The molecule has 0 heterocycles. The van der Waals surface area contributed by atoms with Crippen molar-refractivity contribution in [1.29, 1.82) is 0 Å². The van der Waals surface area contributed by atoms with Crippen LogP contribution in [0.5, 0.6) is 0 Å². The molecule has 5 heteroatoms. The number of halogens is 2. The summed E-state index contributed by atoms with van der Waals surface area (Å²) in [5.41, 5.74) is -0.745. The van der Waals surface area contributed by atoms with Crippen LogP contribution in [0.3, 0.4) is 0 Å². The molecule has 2 unspecified atom stereocenters. The highest BCUT2D eigenvalue weighted by atomic mass is 19.1. The van der Waals surface area contributed by atoms with Gasteiger partial charge in [0.05, 0.1) is 12.1 Å². The van der Waals surface area contributed by atoms with Gasteiger partial charge in [-0.1, -0.05) is 19.8 Å². The van der Waals surface area contributed by atoms with Crippen LogP contribution in [-0.4, -0.2) is 23.2 Å². The van der Waals surface area contributed by atoms with Crippen molar-refractivity contribution in [2.24, 2.45) is 5.92 Å². The van der Waals surface area contributed by atoms with Crippen LogP contribution in [0.4, 0.5) is 8.78 Å². The summed E-state index contributed by atoms with van der Waals surface area (Å²) in [4.78, 5) is 12.1. The number of nitrogens with one attached hydrogen (secondary N) is 1. The van der Waals surface area contributed by atoms with E-state index < -0.39 is 23.1 Å². The Kier molecular flexibility index (Phi) is 4.38. The molecule has 0 saturated heterocycles. The van der Waals surface area contributed by atoms with Crippen molar-refractivity contribution >= 4 is 5.91 Å². The van der Waals surface area contributed by atoms with Gasteiger partial charge in [-0.15, -0.1) is 0 Å². The number of carbonyl (C=O) groups excluding carboxylic acids is 1. The summed E-state index contributed by atoms with van der Waals surface area (Å²) < 4.78 is 26.3.